The van der Waals surface area contributed by atoms with E-state index in [1.807, 2.05) is 12.1 Å². The van der Waals surface area contributed by atoms with Gasteiger partial charge in [0.1, 0.15) is 6.29 Å². The van der Waals surface area contributed by atoms with Crippen LogP contribution in [0, 0.1) is 0 Å². The first-order valence-electron chi connectivity index (χ1n) is 5.35. The van der Waals surface area contributed by atoms with Crippen molar-refractivity contribution in [3.05, 3.63) is 35.4 Å². The van der Waals surface area contributed by atoms with Crippen LogP contribution in [-0.2, 0) is 16.1 Å². The third-order valence-electron chi connectivity index (χ3n) is 2.00. The molecule has 0 amide bonds. The predicted molar refractivity (Wildman–Crippen MR) is 66.9 cm³/mol. The molecule has 0 saturated heterocycles. The molecule has 0 saturated carbocycles. The highest BCUT2D eigenvalue weighted by atomic mass is 16.4. The Bertz CT molecular complexity index is 333. The van der Waals surface area contributed by atoms with Crippen molar-refractivity contribution in [3.63, 3.8) is 0 Å². The van der Waals surface area contributed by atoms with Crippen LogP contribution in [0.4, 0.5) is 0 Å². The van der Waals surface area contributed by atoms with Crippen molar-refractivity contribution in [3.8, 4) is 0 Å². The van der Waals surface area contributed by atoms with E-state index in [2.05, 4.69) is 4.74 Å². The van der Waals surface area contributed by atoms with Crippen LogP contribution in [-0.4, -0.2) is 26.3 Å². The summed E-state index contributed by atoms with van der Waals surface area (Å²) < 4.78 is 4.25. The van der Waals surface area contributed by atoms with Gasteiger partial charge in [-0.1, -0.05) is 24.3 Å². The fraction of sp³-hybridized carbons (Fsp3) is 0.385. The van der Waals surface area contributed by atoms with E-state index in [4.69, 9.17) is 5.73 Å². The van der Waals surface area contributed by atoms with E-state index >= 15 is 0 Å². The monoisotopic (exact) mass is 237 g/mol. The first kappa shape index (κ1) is 15.5. The van der Waals surface area contributed by atoms with Crippen LogP contribution < -0.4 is 5.73 Å². The number of hydrogen-bond donors (Lipinski definition) is 1. The Morgan fingerprint density at radius 2 is 1.82 bits per heavy atom. The standard InChI is InChI=1S/C11H13NO2.C2H6O/c12-8-9-3-5-10(6-4-9)11(14)2-1-7-13;1-3-2/h3-7H,1-2,8,12H2;1-2H3. The molecule has 4 nitrogen and oxygen atoms in total. The largest absolute Gasteiger partial charge is 0.388 e. The Labute approximate surface area is 102 Å². The Morgan fingerprint density at radius 1 is 1.29 bits per heavy atom. The van der Waals surface area contributed by atoms with Gasteiger partial charge in [0.2, 0.25) is 0 Å². The summed E-state index contributed by atoms with van der Waals surface area (Å²) in [4.78, 5) is 21.5. The van der Waals surface area contributed by atoms with Crippen molar-refractivity contribution in [1.82, 2.24) is 0 Å². The van der Waals surface area contributed by atoms with Gasteiger partial charge in [-0.15, -0.1) is 0 Å². The number of benzene rings is 1. The number of ketones is 1. The molecule has 0 spiro atoms. The number of aldehydes is 1. The third kappa shape index (κ3) is 6.60. The van der Waals surface area contributed by atoms with Crippen LogP contribution in [0.25, 0.3) is 0 Å². The minimum Gasteiger partial charge on any atom is -0.388 e. The van der Waals surface area contributed by atoms with Gasteiger partial charge in [-0.3, -0.25) is 4.79 Å². The SMILES string of the molecule is COC.NCc1ccc(C(=O)CCC=O)cc1. The summed E-state index contributed by atoms with van der Waals surface area (Å²) in [6, 6.07) is 7.15. The van der Waals surface area contributed by atoms with Crippen molar-refractivity contribution in [2.75, 3.05) is 14.2 Å². The van der Waals surface area contributed by atoms with E-state index in [0.29, 0.717) is 12.1 Å². The molecule has 0 aromatic heterocycles. The van der Waals surface area contributed by atoms with Crippen LogP contribution >= 0.6 is 0 Å². The number of rotatable bonds is 5. The van der Waals surface area contributed by atoms with E-state index in [1.165, 1.54) is 0 Å². The Kier molecular flexibility index (Phi) is 8.82. The van der Waals surface area contributed by atoms with Gasteiger partial charge in [0.15, 0.2) is 5.78 Å². The zero-order valence-corrected chi connectivity index (χ0v) is 10.3. The maximum atomic E-state index is 11.4. The summed E-state index contributed by atoms with van der Waals surface area (Å²) in [6.45, 7) is 0.475. The Balaban J connectivity index is 0.000000770. The number of ether oxygens (including phenoxy) is 1. The third-order valence-corrected chi connectivity index (χ3v) is 2.00. The fourth-order valence-electron chi connectivity index (χ4n) is 1.16. The summed E-state index contributed by atoms with van der Waals surface area (Å²) in [5.41, 5.74) is 7.06. The Morgan fingerprint density at radius 3 is 2.24 bits per heavy atom. The average Bonchev–Trinajstić information content (AvgIpc) is 2.37. The van der Waals surface area contributed by atoms with Crippen molar-refractivity contribution in [2.45, 2.75) is 19.4 Å². The molecule has 17 heavy (non-hydrogen) atoms. The molecule has 1 aromatic carbocycles. The minimum absolute atomic E-state index is 0.000622. The first-order chi connectivity index (χ1) is 8.19. The molecule has 0 aliphatic heterocycles. The highest BCUT2D eigenvalue weighted by Gasteiger charge is 2.04. The predicted octanol–water partition coefficient (Wildman–Crippen LogP) is 1.57. The van der Waals surface area contributed by atoms with Gasteiger partial charge in [0, 0.05) is 39.2 Å². The highest BCUT2D eigenvalue weighted by molar-refractivity contribution is 5.96. The van der Waals surface area contributed by atoms with Crippen LogP contribution in [0.5, 0.6) is 0 Å². The van der Waals surface area contributed by atoms with Gasteiger partial charge in [0.25, 0.3) is 0 Å². The zero-order valence-electron chi connectivity index (χ0n) is 10.3. The zero-order chi connectivity index (χ0) is 13.1. The smallest absolute Gasteiger partial charge is 0.163 e. The molecular weight excluding hydrogens is 218 g/mol. The maximum absolute atomic E-state index is 11.4. The molecule has 0 radical (unpaired) electrons. The number of carbonyl (C=O) groups is 2. The fourth-order valence-corrected chi connectivity index (χ4v) is 1.16. The average molecular weight is 237 g/mol. The van der Waals surface area contributed by atoms with Gasteiger partial charge in [-0.2, -0.15) is 0 Å². The van der Waals surface area contributed by atoms with Crippen LogP contribution in [0.3, 0.4) is 0 Å². The lowest BCUT2D eigenvalue weighted by molar-refractivity contribution is -0.107. The van der Waals surface area contributed by atoms with Crippen molar-refractivity contribution in [2.24, 2.45) is 5.73 Å². The number of carbonyl (C=O) groups excluding carboxylic acids is 2. The van der Waals surface area contributed by atoms with Gasteiger partial charge < -0.3 is 15.3 Å². The molecule has 1 aromatic rings. The second-order valence-corrected chi connectivity index (χ2v) is 3.44. The van der Waals surface area contributed by atoms with Gasteiger partial charge >= 0.3 is 0 Å². The van der Waals surface area contributed by atoms with E-state index in [-0.39, 0.29) is 18.6 Å². The summed E-state index contributed by atoms with van der Waals surface area (Å²) in [6.07, 6.45) is 1.33. The number of Topliss-reactive ketones (excluding diaryl/α,β-unsaturated/α-hetero) is 1. The van der Waals surface area contributed by atoms with Crippen LogP contribution in [0.15, 0.2) is 24.3 Å². The summed E-state index contributed by atoms with van der Waals surface area (Å²) in [5.74, 6) is 0.000622. The van der Waals surface area contributed by atoms with Gasteiger partial charge in [-0.05, 0) is 5.56 Å². The molecule has 0 atom stereocenters. The topological polar surface area (TPSA) is 69.4 Å². The summed E-state index contributed by atoms with van der Waals surface area (Å²) in [7, 11) is 3.25. The second-order valence-electron chi connectivity index (χ2n) is 3.44. The van der Waals surface area contributed by atoms with E-state index in [1.54, 1.807) is 26.4 Å². The molecule has 0 heterocycles. The number of hydrogen-bond acceptors (Lipinski definition) is 4. The Hall–Kier alpha value is -1.52. The number of nitrogens with two attached hydrogens (primary N) is 1. The molecule has 0 aliphatic rings. The molecule has 0 aliphatic carbocycles. The van der Waals surface area contributed by atoms with Crippen molar-refractivity contribution >= 4 is 12.1 Å². The number of methoxy groups -OCH3 is 1. The normalized spacial score (nSPS) is 9.12. The molecule has 0 fully saturated rings. The lowest BCUT2D eigenvalue weighted by atomic mass is 10.1. The molecular formula is C13H19NO3. The molecule has 94 valence electrons. The first-order valence-corrected chi connectivity index (χ1v) is 5.35. The summed E-state index contributed by atoms with van der Waals surface area (Å²) >= 11 is 0. The minimum atomic E-state index is 0.000622. The highest BCUT2D eigenvalue weighted by Crippen LogP contribution is 2.07. The van der Waals surface area contributed by atoms with Gasteiger partial charge in [-0.25, -0.2) is 0 Å². The van der Waals surface area contributed by atoms with E-state index in [0.717, 1.165) is 11.8 Å². The van der Waals surface area contributed by atoms with Crippen molar-refractivity contribution < 1.29 is 14.3 Å². The van der Waals surface area contributed by atoms with Crippen molar-refractivity contribution in [1.29, 1.82) is 0 Å². The van der Waals surface area contributed by atoms with E-state index in [9.17, 15) is 9.59 Å². The molecule has 1 rings (SSSR count). The molecule has 4 heteroatoms. The second kappa shape index (κ2) is 9.69. The van der Waals surface area contributed by atoms with Crippen LogP contribution in [0.2, 0.25) is 0 Å². The molecule has 0 unspecified atom stereocenters. The van der Waals surface area contributed by atoms with Crippen LogP contribution in [0.1, 0.15) is 28.8 Å². The lowest BCUT2D eigenvalue weighted by Gasteiger charge is -2.00. The van der Waals surface area contributed by atoms with E-state index < -0.39 is 0 Å². The summed E-state index contributed by atoms with van der Waals surface area (Å²) in [5, 5.41) is 0. The van der Waals surface area contributed by atoms with Gasteiger partial charge in [0.05, 0.1) is 0 Å². The lowest BCUT2D eigenvalue weighted by Crippen LogP contribution is -2.01. The quantitative estimate of drug-likeness (QED) is 0.623. The molecule has 0 bridgehead atoms. The molecule has 2 N–H and O–H groups in total. The maximum Gasteiger partial charge on any atom is 0.163 e.